The van der Waals surface area contributed by atoms with Crippen molar-refractivity contribution in [2.24, 2.45) is 0 Å². The molecule has 2 rings (SSSR count). The lowest BCUT2D eigenvalue weighted by molar-refractivity contribution is 0.0691. The maximum absolute atomic E-state index is 13.2. The van der Waals surface area contributed by atoms with Crippen LogP contribution in [0.2, 0.25) is 0 Å². The van der Waals surface area contributed by atoms with Gasteiger partial charge in [0.1, 0.15) is 5.82 Å². The van der Waals surface area contributed by atoms with Crippen molar-refractivity contribution in [2.75, 3.05) is 4.72 Å². The van der Waals surface area contributed by atoms with Crippen LogP contribution in [0.25, 0.3) is 0 Å². The quantitative estimate of drug-likeness (QED) is 0.895. The Bertz CT molecular complexity index is 747. The van der Waals surface area contributed by atoms with Crippen molar-refractivity contribution in [3.8, 4) is 0 Å². The fourth-order valence-electron chi connectivity index (χ4n) is 1.47. The number of nitrogens with one attached hydrogen (secondary N) is 1. The molecule has 20 heavy (non-hydrogen) atoms. The van der Waals surface area contributed by atoms with E-state index in [1.54, 1.807) is 0 Å². The van der Waals surface area contributed by atoms with Gasteiger partial charge >= 0.3 is 5.97 Å². The van der Waals surface area contributed by atoms with E-state index in [9.17, 15) is 17.6 Å². The average Bonchev–Trinajstić information content (AvgIpc) is 2.39. The maximum Gasteiger partial charge on any atom is 0.338 e. The molecule has 2 aromatic rings. The highest BCUT2D eigenvalue weighted by Gasteiger charge is 2.19. The number of anilines is 1. The van der Waals surface area contributed by atoms with Crippen LogP contribution in [0.4, 0.5) is 10.1 Å². The van der Waals surface area contributed by atoms with E-state index < -0.39 is 27.4 Å². The van der Waals surface area contributed by atoms with Crippen LogP contribution in [-0.2, 0) is 10.0 Å². The third kappa shape index (κ3) is 2.91. The van der Waals surface area contributed by atoms with Crippen LogP contribution in [0.3, 0.4) is 0 Å². The number of hydrogen-bond donors (Lipinski definition) is 2. The van der Waals surface area contributed by atoms with Gasteiger partial charge in [-0.05, 0) is 30.3 Å². The number of aromatic nitrogens is 1. The summed E-state index contributed by atoms with van der Waals surface area (Å²) in [4.78, 5) is 14.2. The molecule has 6 nitrogen and oxygen atoms in total. The van der Waals surface area contributed by atoms with E-state index in [0.29, 0.717) is 0 Å². The van der Waals surface area contributed by atoms with Crippen LogP contribution in [0, 0.1) is 5.82 Å². The average molecular weight is 296 g/mol. The van der Waals surface area contributed by atoms with Gasteiger partial charge in [-0.15, -0.1) is 0 Å². The zero-order chi connectivity index (χ0) is 14.8. The first-order chi connectivity index (χ1) is 9.40. The molecule has 0 amide bonds. The Hall–Kier alpha value is -2.48. The Labute approximate surface area is 114 Å². The topological polar surface area (TPSA) is 96.4 Å². The molecule has 0 bridgehead atoms. The van der Waals surface area contributed by atoms with Crippen molar-refractivity contribution in [3.05, 3.63) is 54.1 Å². The molecule has 0 atom stereocenters. The van der Waals surface area contributed by atoms with Crippen molar-refractivity contribution < 1.29 is 22.7 Å². The van der Waals surface area contributed by atoms with E-state index in [1.807, 2.05) is 0 Å². The summed E-state index contributed by atoms with van der Waals surface area (Å²) in [6.45, 7) is 0. The zero-order valence-corrected chi connectivity index (χ0v) is 10.8. The Morgan fingerprint density at radius 3 is 2.65 bits per heavy atom. The summed E-state index contributed by atoms with van der Waals surface area (Å²) in [6, 6.07) is 5.55. The first kappa shape index (κ1) is 13.9. The first-order valence-corrected chi connectivity index (χ1v) is 6.84. The Kier molecular flexibility index (Phi) is 3.66. The van der Waals surface area contributed by atoms with Gasteiger partial charge in [0.25, 0.3) is 10.0 Å². The van der Waals surface area contributed by atoms with E-state index in [4.69, 9.17) is 5.11 Å². The molecule has 104 valence electrons. The summed E-state index contributed by atoms with van der Waals surface area (Å²) in [5, 5.41) is 8.78. The third-order valence-corrected chi connectivity index (χ3v) is 3.77. The number of hydrogen-bond acceptors (Lipinski definition) is 4. The van der Waals surface area contributed by atoms with Crippen LogP contribution in [0.15, 0.2) is 47.6 Å². The van der Waals surface area contributed by atoms with Crippen LogP contribution in [0.1, 0.15) is 10.4 Å². The molecule has 8 heteroatoms. The molecule has 0 unspecified atom stereocenters. The van der Waals surface area contributed by atoms with Crippen LogP contribution < -0.4 is 4.72 Å². The fraction of sp³-hybridized carbons (Fsp3) is 0. The SMILES string of the molecule is O=C(O)c1cc(S(=O)(=O)Nc2cccnc2)ccc1F. The molecular formula is C12H9FN2O4S. The highest BCUT2D eigenvalue weighted by atomic mass is 32.2. The molecular weight excluding hydrogens is 287 g/mol. The lowest BCUT2D eigenvalue weighted by Crippen LogP contribution is -2.14. The second-order valence-electron chi connectivity index (χ2n) is 3.79. The van der Waals surface area contributed by atoms with Gasteiger partial charge in [0.05, 0.1) is 22.3 Å². The molecule has 1 aromatic heterocycles. The highest BCUT2D eigenvalue weighted by molar-refractivity contribution is 7.92. The molecule has 1 aromatic carbocycles. The molecule has 0 saturated carbocycles. The van der Waals surface area contributed by atoms with Gasteiger partial charge in [-0.3, -0.25) is 9.71 Å². The number of pyridine rings is 1. The fourth-order valence-corrected chi connectivity index (χ4v) is 2.54. The van der Waals surface area contributed by atoms with Crippen LogP contribution in [0.5, 0.6) is 0 Å². The largest absolute Gasteiger partial charge is 0.478 e. The summed E-state index contributed by atoms with van der Waals surface area (Å²) >= 11 is 0. The van der Waals surface area contributed by atoms with Gasteiger partial charge in [-0.25, -0.2) is 17.6 Å². The van der Waals surface area contributed by atoms with Crippen molar-refractivity contribution >= 4 is 21.7 Å². The molecule has 0 radical (unpaired) electrons. The van der Waals surface area contributed by atoms with Crippen molar-refractivity contribution in [1.29, 1.82) is 0 Å². The van der Waals surface area contributed by atoms with Gasteiger partial charge in [-0.2, -0.15) is 0 Å². The lowest BCUT2D eigenvalue weighted by atomic mass is 10.2. The summed E-state index contributed by atoms with van der Waals surface area (Å²) in [5.41, 5.74) is -0.493. The van der Waals surface area contributed by atoms with E-state index in [-0.39, 0.29) is 10.6 Å². The summed E-state index contributed by atoms with van der Waals surface area (Å²) in [5.74, 6) is -2.54. The normalized spacial score (nSPS) is 11.1. The number of rotatable bonds is 4. The molecule has 0 aliphatic carbocycles. The first-order valence-electron chi connectivity index (χ1n) is 5.36. The maximum atomic E-state index is 13.2. The molecule has 2 N–H and O–H groups in total. The molecule has 1 heterocycles. The van der Waals surface area contributed by atoms with E-state index in [2.05, 4.69) is 9.71 Å². The number of halogens is 1. The van der Waals surface area contributed by atoms with Crippen LogP contribution in [-0.4, -0.2) is 24.5 Å². The number of aromatic carboxylic acids is 1. The van der Waals surface area contributed by atoms with Gasteiger partial charge in [0.2, 0.25) is 0 Å². The van der Waals surface area contributed by atoms with Crippen molar-refractivity contribution in [1.82, 2.24) is 4.98 Å². The Balaban J connectivity index is 2.40. The monoisotopic (exact) mass is 296 g/mol. The summed E-state index contributed by atoms with van der Waals surface area (Å²) < 4.78 is 39.5. The number of benzene rings is 1. The number of nitrogens with zero attached hydrogens (tertiary/aromatic N) is 1. The standard InChI is InChI=1S/C12H9FN2O4S/c13-11-4-3-9(6-10(11)12(16)17)20(18,19)15-8-2-1-5-14-7-8/h1-7,15H,(H,16,17). The molecule has 0 aliphatic heterocycles. The smallest absolute Gasteiger partial charge is 0.338 e. The van der Waals surface area contributed by atoms with Crippen molar-refractivity contribution in [3.63, 3.8) is 0 Å². The molecule has 0 aliphatic rings. The molecule has 0 spiro atoms. The van der Waals surface area contributed by atoms with Gasteiger partial charge in [0, 0.05) is 6.20 Å². The minimum Gasteiger partial charge on any atom is -0.478 e. The van der Waals surface area contributed by atoms with Gasteiger partial charge in [0.15, 0.2) is 0 Å². The number of carbonyl (C=O) groups is 1. The third-order valence-electron chi connectivity index (χ3n) is 2.39. The second kappa shape index (κ2) is 5.25. The second-order valence-corrected chi connectivity index (χ2v) is 5.48. The minimum atomic E-state index is -4.01. The molecule has 0 fully saturated rings. The van der Waals surface area contributed by atoms with E-state index in [1.165, 1.54) is 24.5 Å². The Morgan fingerprint density at radius 2 is 2.05 bits per heavy atom. The van der Waals surface area contributed by atoms with Crippen molar-refractivity contribution in [2.45, 2.75) is 4.90 Å². The zero-order valence-electron chi connectivity index (χ0n) is 9.95. The molecule has 0 saturated heterocycles. The number of carboxylic acids is 1. The van der Waals surface area contributed by atoms with Crippen LogP contribution >= 0.6 is 0 Å². The number of sulfonamides is 1. The predicted molar refractivity (Wildman–Crippen MR) is 68.4 cm³/mol. The predicted octanol–water partition coefficient (Wildman–Crippen LogP) is 1.72. The minimum absolute atomic E-state index is 0.216. The van der Waals surface area contributed by atoms with Gasteiger partial charge < -0.3 is 5.11 Å². The highest BCUT2D eigenvalue weighted by Crippen LogP contribution is 2.18. The number of carboxylic acid groups (broad SMARTS) is 1. The van der Waals surface area contributed by atoms with E-state index >= 15 is 0 Å². The lowest BCUT2D eigenvalue weighted by Gasteiger charge is -2.08. The van der Waals surface area contributed by atoms with Gasteiger partial charge in [-0.1, -0.05) is 0 Å². The Morgan fingerprint density at radius 1 is 1.30 bits per heavy atom. The van der Waals surface area contributed by atoms with E-state index in [0.717, 1.165) is 18.2 Å². The summed E-state index contributed by atoms with van der Waals surface area (Å²) in [6.07, 6.45) is 2.76. The summed E-state index contributed by atoms with van der Waals surface area (Å²) in [7, 11) is -4.01.